The lowest BCUT2D eigenvalue weighted by Crippen LogP contribution is -2.26. The number of methoxy groups -OCH3 is 1. The highest BCUT2D eigenvalue weighted by Crippen LogP contribution is 2.28. The number of nitrogens with zero attached hydrogens (tertiary/aromatic N) is 1. The molecular weight excluding hydrogens is 273 g/mol. The summed E-state index contributed by atoms with van der Waals surface area (Å²) in [7, 11) is 2.45. The zero-order valence-electron chi connectivity index (χ0n) is 10.7. The fraction of sp³-hybridized carbons (Fsp3) is 0.273. The SMILES string of the molecule is CNC(=O)CNc1cc(C(=O)OC)c(F)cc1[N+](=O)[O-]. The highest BCUT2D eigenvalue weighted by Gasteiger charge is 2.22. The minimum atomic E-state index is -1.07. The quantitative estimate of drug-likeness (QED) is 0.467. The fourth-order valence-corrected chi connectivity index (χ4v) is 1.39. The van der Waals surface area contributed by atoms with E-state index in [0.29, 0.717) is 6.07 Å². The highest BCUT2D eigenvalue weighted by atomic mass is 19.1. The molecule has 0 heterocycles. The van der Waals surface area contributed by atoms with Gasteiger partial charge in [0.05, 0.1) is 30.2 Å². The van der Waals surface area contributed by atoms with Crippen molar-refractivity contribution in [3.63, 3.8) is 0 Å². The molecule has 1 amide bonds. The van der Waals surface area contributed by atoms with Crippen LogP contribution in [-0.4, -0.2) is 37.5 Å². The molecule has 0 bridgehead atoms. The van der Waals surface area contributed by atoms with Crippen molar-refractivity contribution in [3.8, 4) is 0 Å². The first-order valence-electron chi connectivity index (χ1n) is 5.41. The lowest BCUT2D eigenvalue weighted by molar-refractivity contribution is -0.384. The van der Waals surface area contributed by atoms with Gasteiger partial charge in [-0.05, 0) is 6.07 Å². The molecule has 2 N–H and O–H groups in total. The van der Waals surface area contributed by atoms with Crippen molar-refractivity contribution < 1.29 is 23.6 Å². The van der Waals surface area contributed by atoms with Crippen molar-refractivity contribution in [2.45, 2.75) is 0 Å². The lowest BCUT2D eigenvalue weighted by atomic mass is 10.1. The molecule has 0 aliphatic carbocycles. The van der Waals surface area contributed by atoms with Crippen LogP contribution in [0.15, 0.2) is 12.1 Å². The average molecular weight is 285 g/mol. The van der Waals surface area contributed by atoms with Crippen LogP contribution in [0.4, 0.5) is 15.8 Å². The van der Waals surface area contributed by atoms with E-state index >= 15 is 0 Å². The number of halogens is 1. The van der Waals surface area contributed by atoms with Gasteiger partial charge in [-0.25, -0.2) is 9.18 Å². The number of benzene rings is 1. The Labute approximate surface area is 113 Å². The first kappa shape index (κ1) is 15.3. The van der Waals surface area contributed by atoms with Crippen LogP contribution in [0.5, 0.6) is 0 Å². The summed E-state index contributed by atoms with van der Waals surface area (Å²) in [5.41, 5.74) is -1.20. The Morgan fingerprint density at radius 1 is 1.45 bits per heavy atom. The van der Waals surface area contributed by atoms with E-state index in [1.54, 1.807) is 0 Å². The zero-order chi connectivity index (χ0) is 15.3. The molecule has 1 rings (SSSR count). The van der Waals surface area contributed by atoms with Gasteiger partial charge in [-0.2, -0.15) is 0 Å². The normalized spacial score (nSPS) is 9.75. The van der Waals surface area contributed by atoms with Gasteiger partial charge in [0.1, 0.15) is 11.5 Å². The number of anilines is 1. The van der Waals surface area contributed by atoms with Crippen LogP contribution in [-0.2, 0) is 9.53 Å². The topological polar surface area (TPSA) is 111 Å². The number of hydrogen-bond acceptors (Lipinski definition) is 6. The third-order valence-corrected chi connectivity index (χ3v) is 2.41. The fourth-order valence-electron chi connectivity index (χ4n) is 1.39. The van der Waals surface area contributed by atoms with E-state index in [4.69, 9.17) is 0 Å². The number of carbonyl (C=O) groups excluding carboxylic acids is 2. The van der Waals surface area contributed by atoms with Crippen molar-refractivity contribution in [1.29, 1.82) is 0 Å². The molecule has 0 aliphatic heterocycles. The number of nitro groups is 1. The van der Waals surface area contributed by atoms with Crippen LogP contribution >= 0.6 is 0 Å². The lowest BCUT2D eigenvalue weighted by Gasteiger charge is -2.08. The molecule has 0 spiro atoms. The molecule has 1 aromatic carbocycles. The van der Waals surface area contributed by atoms with E-state index < -0.39 is 33.9 Å². The number of carbonyl (C=O) groups is 2. The van der Waals surface area contributed by atoms with Gasteiger partial charge >= 0.3 is 5.97 Å². The van der Waals surface area contributed by atoms with Crippen molar-refractivity contribution >= 4 is 23.3 Å². The maximum absolute atomic E-state index is 13.6. The van der Waals surface area contributed by atoms with E-state index in [1.807, 2.05) is 0 Å². The first-order valence-corrected chi connectivity index (χ1v) is 5.41. The van der Waals surface area contributed by atoms with Crippen LogP contribution in [0.25, 0.3) is 0 Å². The van der Waals surface area contributed by atoms with Gasteiger partial charge in [0.25, 0.3) is 5.69 Å². The van der Waals surface area contributed by atoms with Gasteiger partial charge in [0.2, 0.25) is 5.91 Å². The summed E-state index contributed by atoms with van der Waals surface area (Å²) in [4.78, 5) is 32.4. The van der Waals surface area contributed by atoms with Crippen LogP contribution in [0.2, 0.25) is 0 Å². The summed E-state index contributed by atoms with van der Waals surface area (Å²) in [6, 6.07) is 1.53. The van der Waals surface area contributed by atoms with Gasteiger partial charge in [-0.15, -0.1) is 0 Å². The second-order valence-electron chi connectivity index (χ2n) is 3.62. The Morgan fingerprint density at radius 3 is 2.60 bits per heavy atom. The van der Waals surface area contributed by atoms with E-state index in [-0.39, 0.29) is 12.2 Å². The molecule has 1 aromatic rings. The molecule has 0 saturated heterocycles. The number of likely N-dealkylation sites (N-methyl/N-ethyl adjacent to an activating group) is 1. The number of hydrogen-bond donors (Lipinski definition) is 2. The maximum atomic E-state index is 13.6. The third-order valence-electron chi connectivity index (χ3n) is 2.41. The largest absolute Gasteiger partial charge is 0.465 e. The monoisotopic (exact) mass is 285 g/mol. The Kier molecular flexibility index (Phi) is 4.95. The number of rotatable bonds is 5. The molecule has 8 nitrogen and oxygen atoms in total. The Hall–Kier alpha value is -2.71. The Morgan fingerprint density at radius 2 is 2.10 bits per heavy atom. The summed E-state index contributed by atoms with van der Waals surface area (Å²) in [5.74, 6) is -2.47. The number of amides is 1. The molecule has 0 aromatic heterocycles. The van der Waals surface area contributed by atoms with Crippen LogP contribution in [0.1, 0.15) is 10.4 Å². The van der Waals surface area contributed by atoms with Crippen molar-refractivity contribution in [2.75, 3.05) is 26.0 Å². The van der Waals surface area contributed by atoms with E-state index in [0.717, 1.165) is 13.2 Å². The number of nitrogens with one attached hydrogen (secondary N) is 2. The van der Waals surface area contributed by atoms with E-state index in [9.17, 15) is 24.1 Å². The Bertz CT molecular complexity index is 561. The van der Waals surface area contributed by atoms with Gasteiger partial charge in [-0.3, -0.25) is 14.9 Å². The summed E-state index contributed by atoms with van der Waals surface area (Å²) in [6.07, 6.45) is 0. The van der Waals surface area contributed by atoms with Crippen molar-refractivity contribution in [3.05, 3.63) is 33.6 Å². The second-order valence-corrected chi connectivity index (χ2v) is 3.62. The molecule has 0 fully saturated rings. The molecule has 0 saturated carbocycles. The molecule has 108 valence electrons. The third kappa shape index (κ3) is 3.40. The molecule has 0 aliphatic rings. The van der Waals surface area contributed by atoms with Gasteiger partial charge in [0, 0.05) is 7.05 Å². The van der Waals surface area contributed by atoms with Gasteiger partial charge in [-0.1, -0.05) is 0 Å². The molecule has 0 unspecified atom stereocenters. The first-order chi connectivity index (χ1) is 9.40. The minimum Gasteiger partial charge on any atom is -0.465 e. The molecule has 20 heavy (non-hydrogen) atoms. The summed E-state index contributed by atoms with van der Waals surface area (Å²) >= 11 is 0. The smallest absolute Gasteiger partial charge is 0.340 e. The summed E-state index contributed by atoms with van der Waals surface area (Å²) < 4.78 is 17.9. The van der Waals surface area contributed by atoms with Gasteiger partial charge < -0.3 is 15.4 Å². The second kappa shape index (κ2) is 6.45. The maximum Gasteiger partial charge on any atom is 0.340 e. The Balaban J connectivity index is 3.20. The number of ether oxygens (including phenoxy) is 1. The molecule has 9 heteroatoms. The average Bonchev–Trinajstić information content (AvgIpc) is 2.44. The molecule has 0 radical (unpaired) electrons. The molecular formula is C11H12FN3O5. The predicted octanol–water partition coefficient (Wildman–Crippen LogP) is 0.678. The molecule has 0 atom stereocenters. The summed E-state index contributed by atoms with van der Waals surface area (Å²) in [6.45, 7) is -0.260. The zero-order valence-corrected chi connectivity index (χ0v) is 10.7. The number of nitro benzene ring substituents is 1. The highest BCUT2D eigenvalue weighted by molar-refractivity contribution is 5.92. The van der Waals surface area contributed by atoms with Crippen molar-refractivity contribution in [1.82, 2.24) is 5.32 Å². The van der Waals surface area contributed by atoms with E-state index in [1.165, 1.54) is 7.05 Å². The summed E-state index contributed by atoms with van der Waals surface area (Å²) in [5, 5.41) is 15.6. The van der Waals surface area contributed by atoms with Gasteiger partial charge in [0.15, 0.2) is 0 Å². The van der Waals surface area contributed by atoms with Crippen LogP contribution in [0.3, 0.4) is 0 Å². The number of esters is 1. The van der Waals surface area contributed by atoms with E-state index in [2.05, 4.69) is 15.4 Å². The van der Waals surface area contributed by atoms with Crippen LogP contribution in [0, 0.1) is 15.9 Å². The van der Waals surface area contributed by atoms with Crippen LogP contribution < -0.4 is 10.6 Å². The minimum absolute atomic E-state index is 0.152. The standard InChI is InChI=1S/C11H12FN3O5/c1-13-10(16)5-14-8-3-6(11(17)20-2)7(12)4-9(8)15(18)19/h3-4,14H,5H2,1-2H3,(H,13,16). The van der Waals surface area contributed by atoms with Crippen molar-refractivity contribution in [2.24, 2.45) is 0 Å². The predicted molar refractivity (Wildman–Crippen MR) is 67.0 cm³/mol.